The zero-order valence-corrected chi connectivity index (χ0v) is 9.70. The Labute approximate surface area is 91.6 Å². The van der Waals surface area contributed by atoms with Gasteiger partial charge in [-0.15, -0.1) is 0 Å². The highest BCUT2D eigenvalue weighted by Gasteiger charge is 2.28. The number of rotatable bonds is 4. The van der Waals surface area contributed by atoms with Crippen molar-refractivity contribution in [2.75, 3.05) is 20.2 Å². The lowest BCUT2D eigenvalue weighted by atomic mass is 9.89. The third kappa shape index (κ3) is 3.47. The van der Waals surface area contributed by atoms with Crippen LogP contribution in [0.15, 0.2) is 0 Å². The maximum atomic E-state index is 11.3. The normalized spacial score (nSPS) is 26.3. The van der Waals surface area contributed by atoms with Gasteiger partial charge >= 0.3 is 0 Å². The van der Waals surface area contributed by atoms with Gasteiger partial charge in [0.05, 0.1) is 6.61 Å². The van der Waals surface area contributed by atoms with Crippen LogP contribution in [0.2, 0.25) is 0 Å². The fourth-order valence-electron chi connectivity index (χ4n) is 2.30. The van der Waals surface area contributed by atoms with Gasteiger partial charge in [-0.2, -0.15) is 0 Å². The molecule has 2 unspecified atom stereocenters. The number of likely N-dealkylation sites (N-methyl/N-ethyl adjacent to an activating group) is 1. The van der Waals surface area contributed by atoms with Gasteiger partial charge in [-0.25, -0.2) is 0 Å². The Bertz CT molecular complexity index is 209. The zero-order chi connectivity index (χ0) is 11.3. The molecule has 1 amide bonds. The Morgan fingerprint density at radius 1 is 1.47 bits per heavy atom. The van der Waals surface area contributed by atoms with Crippen molar-refractivity contribution in [3.8, 4) is 0 Å². The minimum atomic E-state index is 0.123. The predicted molar refractivity (Wildman–Crippen MR) is 59.6 cm³/mol. The van der Waals surface area contributed by atoms with E-state index in [-0.39, 0.29) is 12.5 Å². The average Bonchev–Trinajstić information content (AvgIpc) is 2.25. The van der Waals surface area contributed by atoms with Crippen LogP contribution in [-0.4, -0.2) is 48.2 Å². The van der Waals surface area contributed by atoms with Gasteiger partial charge in [0, 0.05) is 32.6 Å². The van der Waals surface area contributed by atoms with E-state index >= 15 is 0 Å². The van der Waals surface area contributed by atoms with E-state index in [1.165, 1.54) is 12.8 Å². The van der Waals surface area contributed by atoms with Crippen LogP contribution in [0.1, 0.15) is 32.6 Å². The van der Waals surface area contributed by atoms with E-state index in [9.17, 15) is 4.79 Å². The number of carbonyl (C=O) groups is 1. The molecular weight excluding hydrogens is 192 g/mol. The molecule has 0 aliphatic heterocycles. The quantitative estimate of drug-likeness (QED) is 0.710. The first-order valence-electron chi connectivity index (χ1n) is 5.74. The van der Waals surface area contributed by atoms with Crippen molar-refractivity contribution < 1.29 is 9.90 Å². The second kappa shape index (κ2) is 6.08. The maximum absolute atomic E-state index is 11.3. The van der Waals surface area contributed by atoms with E-state index in [2.05, 4.69) is 5.32 Å². The van der Waals surface area contributed by atoms with Crippen molar-refractivity contribution >= 4 is 5.91 Å². The Morgan fingerprint density at radius 2 is 2.13 bits per heavy atom. The first kappa shape index (κ1) is 12.5. The van der Waals surface area contributed by atoms with Crippen LogP contribution in [0.3, 0.4) is 0 Å². The SMILES string of the molecule is CC(=O)N(C)C1CCCCC1NCCO. The van der Waals surface area contributed by atoms with Crippen molar-refractivity contribution in [2.24, 2.45) is 0 Å². The molecule has 2 atom stereocenters. The summed E-state index contributed by atoms with van der Waals surface area (Å²) >= 11 is 0. The van der Waals surface area contributed by atoms with E-state index < -0.39 is 0 Å². The maximum Gasteiger partial charge on any atom is 0.219 e. The fourth-order valence-corrected chi connectivity index (χ4v) is 2.30. The molecule has 1 saturated carbocycles. The molecule has 0 saturated heterocycles. The number of carbonyl (C=O) groups excluding carboxylic acids is 1. The van der Waals surface area contributed by atoms with Crippen LogP contribution in [0.5, 0.6) is 0 Å². The molecule has 4 nitrogen and oxygen atoms in total. The van der Waals surface area contributed by atoms with Crippen LogP contribution in [0.4, 0.5) is 0 Å². The summed E-state index contributed by atoms with van der Waals surface area (Å²) in [5, 5.41) is 12.1. The van der Waals surface area contributed by atoms with Crippen LogP contribution in [0, 0.1) is 0 Å². The highest BCUT2D eigenvalue weighted by Crippen LogP contribution is 2.22. The van der Waals surface area contributed by atoms with Gasteiger partial charge in [0.1, 0.15) is 0 Å². The van der Waals surface area contributed by atoms with Crippen LogP contribution < -0.4 is 5.32 Å². The van der Waals surface area contributed by atoms with Crippen LogP contribution >= 0.6 is 0 Å². The van der Waals surface area contributed by atoms with E-state index in [1.807, 2.05) is 11.9 Å². The van der Waals surface area contributed by atoms with Crippen molar-refractivity contribution in [1.82, 2.24) is 10.2 Å². The van der Waals surface area contributed by atoms with E-state index in [0.29, 0.717) is 18.6 Å². The number of nitrogens with one attached hydrogen (secondary N) is 1. The Balaban J connectivity index is 2.52. The van der Waals surface area contributed by atoms with Crippen molar-refractivity contribution in [2.45, 2.75) is 44.7 Å². The molecule has 1 aliphatic carbocycles. The molecule has 88 valence electrons. The summed E-state index contributed by atoms with van der Waals surface area (Å²) in [6.07, 6.45) is 4.58. The molecule has 0 heterocycles. The van der Waals surface area contributed by atoms with E-state index in [1.54, 1.807) is 6.92 Å². The Hall–Kier alpha value is -0.610. The molecule has 1 fully saturated rings. The molecule has 1 aliphatic rings. The van der Waals surface area contributed by atoms with Gasteiger partial charge in [-0.1, -0.05) is 12.8 Å². The van der Waals surface area contributed by atoms with Crippen molar-refractivity contribution in [1.29, 1.82) is 0 Å². The van der Waals surface area contributed by atoms with Crippen LogP contribution in [0.25, 0.3) is 0 Å². The smallest absolute Gasteiger partial charge is 0.219 e. The molecule has 0 aromatic carbocycles. The topological polar surface area (TPSA) is 52.6 Å². The first-order chi connectivity index (χ1) is 7.16. The summed E-state index contributed by atoms with van der Waals surface area (Å²) in [5.74, 6) is 0.123. The van der Waals surface area contributed by atoms with Gasteiger partial charge in [0.15, 0.2) is 0 Å². The molecule has 4 heteroatoms. The number of amides is 1. The predicted octanol–water partition coefficient (Wildman–Crippen LogP) is 0.358. The lowest BCUT2D eigenvalue weighted by Crippen LogP contribution is -2.52. The monoisotopic (exact) mass is 214 g/mol. The third-order valence-corrected chi connectivity index (χ3v) is 3.24. The highest BCUT2D eigenvalue weighted by atomic mass is 16.3. The molecule has 0 bridgehead atoms. The van der Waals surface area contributed by atoms with Gasteiger partial charge < -0.3 is 15.3 Å². The molecule has 0 radical (unpaired) electrons. The minimum Gasteiger partial charge on any atom is -0.395 e. The first-order valence-corrected chi connectivity index (χ1v) is 5.74. The van der Waals surface area contributed by atoms with Crippen LogP contribution in [-0.2, 0) is 4.79 Å². The summed E-state index contributed by atoms with van der Waals surface area (Å²) < 4.78 is 0. The zero-order valence-electron chi connectivity index (χ0n) is 9.70. The molecule has 1 rings (SSSR count). The third-order valence-electron chi connectivity index (χ3n) is 3.24. The lowest BCUT2D eigenvalue weighted by Gasteiger charge is -2.38. The molecule has 2 N–H and O–H groups in total. The number of aliphatic hydroxyl groups is 1. The van der Waals surface area contributed by atoms with Crippen molar-refractivity contribution in [3.63, 3.8) is 0 Å². The summed E-state index contributed by atoms with van der Waals surface area (Å²) in [6, 6.07) is 0.641. The van der Waals surface area contributed by atoms with E-state index in [0.717, 1.165) is 12.8 Å². The molecule has 0 spiro atoms. The second-order valence-electron chi connectivity index (χ2n) is 4.27. The Kier molecular flexibility index (Phi) is 5.05. The largest absolute Gasteiger partial charge is 0.395 e. The molecule has 0 aromatic heterocycles. The molecule has 15 heavy (non-hydrogen) atoms. The van der Waals surface area contributed by atoms with Gasteiger partial charge in [-0.3, -0.25) is 4.79 Å². The average molecular weight is 214 g/mol. The van der Waals surface area contributed by atoms with Gasteiger partial charge in [0.2, 0.25) is 5.91 Å². The number of aliphatic hydroxyl groups excluding tert-OH is 1. The standard InChI is InChI=1S/C11H22N2O2/c1-9(15)13(2)11-6-4-3-5-10(11)12-7-8-14/h10-12,14H,3-8H2,1-2H3. The summed E-state index contributed by atoms with van der Waals surface area (Å²) in [6.45, 7) is 2.39. The molecular formula is C11H22N2O2. The molecule has 0 aromatic rings. The summed E-state index contributed by atoms with van der Waals surface area (Å²) in [4.78, 5) is 13.1. The minimum absolute atomic E-state index is 0.123. The summed E-state index contributed by atoms with van der Waals surface area (Å²) in [7, 11) is 1.87. The number of hydrogen-bond donors (Lipinski definition) is 2. The van der Waals surface area contributed by atoms with Gasteiger partial charge in [0.25, 0.3) is 0 Å². The Morgan fingerprint density at radius 3 is 2.73 bits per heavy atom. The van der Waals surface area contributed by atoms with Gasteiger partial charge in [-0.05, 0) is 12.8 Å². The lowest BCUT2D eigenvalue weighted by molar-refractivity contribution is -0.130. The number of hydrogen-bond acceptors (Lipinski definition) is 3. The number of nitrogens with zero attached hydrogens (tertiary/aromatic N) is 1. The van der Waals surface area contributed by atoms with Crippen molar-refractivity contribution in [3.05, 3.63) is 0 Å². The summed E-state index contributed by atoms with van der Waals surface area (Å²) in [5.41, 5.74) is 0. The van der Waals surface area contributed by atoms with E-state index in [4.69, 9.17) is 5.11 Å². The second-order valence-corrected chi connectivity index (χ2v) is 4.27. The highest BCUT2D eigenvalue weighted by molar-refractivity contribution is 5.73. The fraction of sp³-hybridized carbons (Fsp3) is 0.909.